The number of carbonyl (C=O) groups excluding carboxylic acids is 3. The Labute approximate surface area is 153 Å². The van der Waals surface area contributed by atoms with E-state index in [0.717, 1.165) is 4.90 Å². The minimum Gasteiger partial charge on any atom is -0.347 e. The van der Waals surface area contributed by atoms with Crippen LogP contribution in [0.3, 0.4) is 0 Å². The van der Waals surface area contributed by atoms with Crippen LogP contribution in [0, 0.1) is 5.82 Å². The first-order chi connectivity index (χ1) is 12.1. The lowest BCUT2D eigenvalue weighted by Gasteiger charge is -2.22. The third-order valence-electron chi connectivity index (χ3n) is 3.41. The fraction of sp³-hybridized carbons (Fsp3) is 0.500. The number of hydrogen-bond acceptors (Lipinski definition) is 3. The van der Waals surface area contributed by atoms with Crippen LogP contribution in [0.1, 0.15) is 27.7 Å². The minimum atomic E-state index is -0.409. The van der Waals surface area contributed by atoms with Gasteiger partial charge in [-0.05, 0) is 52.0 Å². The number of anilines is 1. The van der Waals surface area contributed by atoms with Crippen molar-refractivity contribution in [1.29, 1.82) is 0 Å². The standard InChI is InChI=1S/C18H27FN4O3/c1-5-23(12-17(26)22-18(2,3)4)11-16(25)20-10-15(24)21-14-8-6-13(19)7-9-14/h6-9H,5,10-12H2,1-4H3,(H,20,25)(H,21,24)(H,22,26)/p+1. The molecule has 0 aliphatic rings. The fourth-order valence-corrected chi connectivity index (χ4v) is 2.21. The van der Waals surface area contributed by atoms with Gasteiger partial charge in [0.1, 0.15) is 5.82 Å². The molecule has 4 N–H and O–H groups in total. The van der Waals surface area contributed by atoms with Gasteiger partial charge in [0.25, 0.3) is 11.8 Å². The smallest absolute Gasteiger partial charge is 0.275 e. The zero-order valence-corrected chi connectivity index (χ0v) is 15.7. The quantitative estimate of drug-likeness (QED) is 0.508. The Morgan fingerprint density at radius 2 is 1.58 bits per heavy atom. The maximum atomic E-state index is 12.8. The molecule has 1 atom stereocenters. The predicted molar refractivity (Wildman–Crippen MR) is 97.2 cm³/mol. The summed E-state index contributed by atoms with van der Waals surface area (Å²) >= 11 is 0. The summed E-state index contributed by atoms with van der Waals surface area (Å²) in [6, 6.07) is 5.34. The van der Waals surface area contributed by atoms with E-state index in [-0.39, 0.29) is 37.0 Å². The monoisotopic (exact) mass is 367 g/mol. The maximum Gasteiger partial charge on any atom is 0.275 e. The van der Waals surface area contributed by atoms with Crippen molar-refractivity contribution in [1.82, 2.24) is 10.6 Å². The number of quaternary nitrogens is 1. The summed E-state index contributed by atoms with van der Waals surface area (Å²) in [5.41, 5.74) is 0.127. The van der Waals surface area contributed by atoms with Gasteiger partial charge in [-0.15, -0.1) is 0 Å². The maximum absolute atomic E-state index is 12.8. The third-order valence-corrected chi connectivity index (χ3v) is 3.41. The van der Waals surface area contributed by atoms with Gasteiger partial charge < -0.3 is 20.9 Å². The summed E-state index contributed by atoms with van der Waals surface area (Å²) in [5.74, 6) is -1.25. The molecule has 0 fully saturated rings. The minimum absolute atomic E-state index is 0.0951. The van der Waals surface area contributed by atoms with Crippen molar-refractivity contribution in [3.05, 3.63) is 30.1 Å². The molecule has 3 amide bonds. The van der Waals surface area contributed by atoms with Crippen LogP contribution >= 0.6 is 0 Å². The van der Waals surface area contributed by atoms with Crippen molar-refractivity contribution < 1.29 is 23.7 Å². The molecule has 1 aromatic rings. The molecule has 0 aliphatic carbocycles. The lowest BCUT2D eigenvalue weighted by molar-refractivity contribution is -0.881. The molecule has 1 unspecified atom stereocenters. The van der Waals surface area contributed by atoms with Gasteiger partial charge in [-0.1, -0.05) is 0 Å². The van der Waals surface area contributed by atoms with E-state index in [0.29, 0.717) is 12.2 Å². The highest BCUT2D eigenvalue weighted by molar-refractivity contribution is 5.94. The zero-order chi connectivity index (χ0) is 19.7. The van der Waals surface area contributed by atoms with E-state index >= 15 is 0 Å². The number of nitrogens with one attached hydrogen (secondary N) is 4. The van der Waals surface area contributed by atoms with Gasteiger partial charge in [0.2, 0.25) is 5.91 Å². The molecular weight excluding hydrogens is 339 g/mol. The number of carbonyl (C=O) groups is 3. The lowest BCUT2D eigenvalue weighted by atomic mass is 10.1. The topological polar surface area (TPSA) is 91.7 Å². The van der Waals surface area contributed by atoms with Crippen LogP contribution in [0.15, 0.2) is 24.3 Å². The SMILES string of the molecule is CC[NH+](CC(=O)NCC(=O)Nc1ccc(F)cc1)CC(=O)NC(C)(C)C. The van der Waals surface area contributed by atoms with Gasteiger partial charge in [-0.25, -0.2) is 4.39 Å². The Bertz CT molecular complexity index is 626. The van der Waals surface area contributed by atoms with Gasteiger partial charge in [0.05, 0.1) is 13.1 Å². The van der Waals surface area contributed by atoms with Crippen LogP contribution in [0.4, 0.5) is 10.1 Å². The van der Waals surface area contributed by atoms with E-state index < -0.39 is 11.7 Å². The first-order valence-corrected chi connectivity index (χ1v) is 8.55. The van der Waals surface area contributed by atoms with Gasteiger partial charge >= 0.3 is 0 Å². The van der Waals surface area contributed by atoms with E-state index in [2.05, 4.69) is 16.0 Å². The lowest BCUT2D eigenvalue weighted by Crippen LogP contribution is -3.14. The molecule has 0 aliphatic heterocycles. The van der Waals surface area contributed by atoms with Crippen LogP contribution in [-0.4, -0.2) is 49.4 Å². The molecule has 0 heterocycles. The molecule has 0 aromatic heterocycles. The average molecular weight is 367 g/mol. The first kappa shape index (κ1) is 21.6. The molecular formula is C18H28FN4O3+. The summed E-state index contributed by atoms with van der Waals surface area (Å²) in [5, 5.41) is 7.94. The second kappa shape index (κ2) is 9.86. The summed E-state index contributed by atoms with van der Waals surface area (Å²) < 4.78 is 12.8. The molecule has 0 bridgehead atoms. The van der Waals surface area contributed by atoms with Crippen LogP contribution < -0.4 is 20.9 Å². The molecule has 7 nitrogen and oxygen atoms in total. The molecule has 1 rings (SSSR count). The van der Waals surface area contributed by atoms with Gasteiger partial charge in [0.15, 0.2) is 13.1 Å². The summed E-state index contributed by atoms with van der Waals surface area (Å²) in [6.07, 6.45) is 0. The summed E-state index contributed by atoms with van der Waals surface area (Å²) in [4.78, 5) is 36.5. The number of halogens is 1. The van der Waals surface area contributed by atoms with Crippen molar-refractivity contribution in [3.8, 4) is 0 Å². The second-order valence-electron chi connectivity index (χ2n) is 7.09. The molecule has 26 heavy (non-hydrogen) atoms. The van der Waals surface area contributed by atoms with Crippen LogP contribution in [0.2, 0.25) is 0 Å². The normalized spacial score (nSPS) is 12.2. The number of benzene rings is 1. The Balaban J connectivity index is 2.38. The predicted octanol–water partition coefficient (Wildman–Crippen LogP) is -0.300. The van der Waals surface area contributed by atoms with Gasteiger partial charge in [0, 0.05) is 11.2 Å². The third kappa shape index (κ3) is 9.12. The van der Waals surface area contributed by atoms with Crippen molar-refractivity contribution in [2.45, 2.75) is 33.2 Å². The van der Waals surface area contributed by atoms with E-state index in [4.69, 9.17) is 0 Å². The van der Waals surface area contributed by atoms with E-state index in [1.165, 1.54) is 24.3 Å². The second-order valence-corrected chi connectivity index (χ2v) is 7.09. The van der Waals surface area contributed by atoms with Crippen molar-refractivity contribution in [3.63, 3.8) is 0 Å². The van der Waals surface area contributed by atoms with Crippen molar-refractivity contribution in [2.24, 2.45) is 0 Å². The highest BCUT2D eigenvalue weighted by Crippen LogP contribution is 2.07. The largest absolute Gasteiger partial charge is 0.347 e. The van der Waals surface area contributed by atoms with E-state index in [1.54, 1.807) is 0 Å². The van der Waals surface area contributed by atoms with Crippen LogP contribution in [0.5, 0.6) is 0 Å². The first-order valence-electron chi connectivity index (χ1n) is 8.55. The Hall–Kier alpha value is -2.48. The van der Waals surface area contributed by atoms with E-state index in [9.17, 15) is 18.8 Å². The molecule has 0 radical (unpaired) electrons. The van der Waals surface area contributed by atoms with Crippen LogP contribution in [0.25, 0.3) is 0 Å². The summed E-state index contributed by atoms with van der Waals surface area (Å²) in [6.45, 7) is 8.25. The van der Waals surface area contributed by atoms with Crippen molar-refractivity contribution >= 4 is 23.4 Å². The molecule has 0 spiro atoms. The number of likely N-dealkylation sites (N-methyl/N-ethyl adjacent to an activating group) is 1. The Kier molecular flexibility index (Phi) is 8.18. The van der Waals surface area contributed by atoms with Gasteiger partial charge in [-0.3, -0.25) is 14.4 Å². The Morgan fingerprint density at radius 3 is 2.12 bits per heavy atom. The number of amides is 3. The molecule has 144 valence electrons. The number of hydrogen-bond donors (Lipinski definition) is 4. The highest BCUT2D eigenvalue weighted by Gasteiger charge is 2.20. The average Bonchev–Trinajstić information content (AvgIpc) is 2.52. The molecule has 0 saturated heterocycles. The Morgan fingerprint density at radius 1 is 1.00 bits per heavy atom. The fourth-order valence-electron chi connectivity index (χ4n) is 2.21. The molecule has 0 saturated carbocycles. The highest BCUT2D eigenvalue weighted by atomic mass is 19.1. The number of rotatable bonds is 8. The molecule has 8 heteroatoms. The zero-order valence-electron chi connectivity index (χ0n) is 15.7. The molecule has 1 aromatic carbocycles. The van der Waals surface area contributed by atoms with Gasteiger partial charge in [-0.2, -0.15) is 0 Å². The van der Waals surface area contributed by atoms with E-state index in [1.807, 2.05) is 27.7 Å². The summed E-state index contributed by atoms with van der Waals surface area (Å²) in [7, 11) is 0. The van der Waals surface area contributed by atoms with Crippen LogP contribution in [-0.2, 0) is 14.4 Å². The van der Waals surface area contributed by atoms with Crippen molar-refractivity contribution in [2.75, 3.05) is 31.5 Å².